The zero-order valence-electron chi connectivity index (χ0n) is 74.8. The van der Waals surface area contributed by atoms with Gasteiger partial charge in [-0.15, -0.1) is 0 Å². The fourth-order valence-electron chi connectivity index (χ4n) is 9.31. The van der Waals surface area contributed by atoms with Crippen LogP contribution in [-0.4, -0.2) is 186 Å². The van der Waals surface area contributed by atoms with Crippen molar-refractivity contribution in [2.45, 2.75) is 241 Å². The van der Waals surface area contributed by atoms with Gasteiger partial charge in [0.25, 0.3) is 30.6 Å². The molecule has 1 atom stereocenters. The fourth-order valence-corrected chi connectivity index (χ4v) is 17.0. The van der Waals surface area contributed by atoms with Crippen molar-refractivity contribution in [2.24, 2.45) is 27.1 Å². The van der Waals surface area contributed by atoms with Gasteiger partial charge in [-0.1, -0.05) is 292 Å². The largest absolute Gasteiger partial charge is 0.394 e. The van der Waals surface area contributed by atoms with Crippen LogP contribution in [0.2, 0.25) is 0 Å². The van der Waals surface area contributed by atoms with E-state index in [2.05, 4.69) is 156 Å². The summed E-state index contributed by atoms with van der Waals surface area (Å²) in [5, 5.41) is 0. The quantitative estimate of drug-likeness (QED) is 0.165. The van der Waals surface area contributed by atoms with E-state index < -0.39 is 77.4 Å². The molecule has 8 rings (SSSR count). The van der Waals surface area contributed by atoms with E-state index in [1.807, 2.05) is 122 Å². The summed E-state index contributed by atoms with van der Waals surface area (Å²) in [6.45, 7) is 60.8. The third-order valence-electron chi connectivity index (χ3n) is 16.6. The minimum atomic E-state index is -4.12. The molecule has 0 saturated carbocycles. The normalized spacial score (nSPS) is 17.4. The zero-order valence-corrected chi connectivity index (χ0v) is 79.7. The molecule has 1 unspecified atom stereocenters. The van der Waals surface area contributed by atoms with Crippen LogP contribution in [0.25, 0.3) is 0 Å². The van der Waals surface area contributed by atoms with Crippen molar-refractivity contribution < 1.29 is 59.5 Å². The second kappa shape index (κ2) is 45.9. The highest BCUT2D eigenvalue weighted by atomic mass is 32.2. The average Bonchev–Trinajstić information content (AvgIpc) is 1.59. The SMILES string of the molecule is C=S1(=O)Cc2ccc(C(C)(C)C)cc2C1.CC.CC.CC.CC(C)(C)C(C)(C)C(F)(F)F.CC(C)(C)CN1CCNS1(=O)=O.CC(C)(C)CN1c2ccccc2NS1(=O)=O.CC(C)(C)c1ccccc1.CC(C)(C)c1ccccc1.CN(C)S(=O)(=O)N(C)C.CN(C)S(=O)(=O)N(C)CC(C)(C)C.CN1CCCS1(=O)=O. The molecule has 0 bridgehead atoms. The smallest absolute Gasteiger partial charge is 0.267 e. The number of anilines is 2. The molecule has 0 spiro atoms. The van der Waals surface area contributed by atoms with Crippen LogP contribution >= 0.6 is 0 Å². The molecular weight excluding hydrogens is 1520 g/mol. The van der Waals surface area contributed by atoms with E-state index in [0.717, 1.165) is 20.7 Å². The lowest BCUT2D eigenvalue weighted by atomic mass is 9.69. The van der Waals surface area contributed by atoms with Crippen LogP contribution in [-0.2, 0) is 88.1 Å². The maximum Gasteiger partial charge on any atom is 0.394 e. The molecule has 20 nitrogen and oxygen atoms in total. The van der Waals surface area contributed by atoms with Crippen LogP contribution in [0, 0.1) is 27.1 Å². The van der Waals surface area contributed by atoms with Crippen molar-refractivity contribution in [1.82, 2.24) is 30.6 Å². The fraction of sp³-hybridized carbons (Fsp3) is 0.691. The Morgan fingerprint density at radius 2 is 0.855 bits per heavy atom. The summed E-state index contributed by atoms with van der Waals surface area (Å²) in [6, 6.07) is 34.8. The molecule has 4 heterocycles. The van der Waals surface area contributed by atoms with Crippen molar-refractivity contribution in [3.05, 3.63) is 131 Å². The molecule has 4 aromatic carbocycles. The zero-order chi connectivity index (χ0) is 88.1. The van der Waals surface area contributed by atoms with Crippen molar-refractivity contribution in [2.75, 3.05) is 110 Å². The number of hydrogen-bond donors (Lipinski definition) is 2. The topological polar surface area (TPSA) is 235 Å². The van der Waals surface area contributed by atoms with Crippen LogP contribution in [0.1, 0.15) is 235 Å². The van der Waals surface area contributed by atoms with Gasteiger partial charge in [-0.2, -0.15) is 68.4 Å². The molecule has 4 aliphatic rings. The molecule has 29 heteroatoms. The minimum absolute atomic E-state index is 0.0160. The summed E-state index contributed by atoms with van der Waals surface area (Å²) in [5.74, 6) is 5.46. The number of nitrogens with zero attached hydrogens (tertiary/aromatic N) is 7. The van der Waals surface area contributed by atoms with Crippen LogP contribution < -0.4 is 13.7 Å². The molecule has 4 aromatic rings. The number of fused-ring (bicyclic) bond motifs is 2. The summed E-state index contributed by atoms with van der Waals surface area (Å²) in [6.07, 6.45) is -3.33. The first kappa shape index (κ1) is 112. The Labute approximate surface area is 672 Å². The van der Waals surface area contributed by atoms with E-state index in [1.54, 1.807) is 40.9 Å². The van der Waals surface area contributed by atoms with Gasteiger partial charge in [-0.05, 0) is 99.7 Å². The highest BCUT2D eigenvalue weighted by Crippen LogP contribution is 2.50. The van der Waals surface area contributed by atoms with E-state index in [0.29, 0.717) is 73.0 Å². The minimum Gasteiger partial charge on any atom is -0.267 e. The summed E-state index contributed by atoms with van der Waals surface area (Å²) in [4.78, 5) is 0. The molecule has 0 radical (unpaired) electrons. The Hall–Kier alpha value is -4.24. The molecule has 0 aliphatic carbocycles. The van der Waals surface area contributed by atoms with Crippen molar-refractivity contribution in [3.8, 4) is 0 Å². The van der Waals surface area contributed by atoms with Crippen LogP contribution in [0.5, 0.6) is 0 Å². The first-order chi connectivity index (χ1) is 49.2. The molecule has 0 aromatic heterocycles. The lowest BCUT2D eigenvalue weighted by Gasteiger charge is -2.40. The molecule has 4 aliphatic heterocycles. The molecule has 2 saturated heterocycles. The molecule has 2 fully saturated rings. The molecule has 2 N–H and O–H groups in total. The first-order valence-electron chi connectivity index (χ1n) is 37.6. The van der Waals surface area contributed by atoms with Gasteiger partial charge >= 0.3 is 16.4 Å². The number of sulfonamides is 1. The van der Waals surface area contributed by atoms with Gasteiger partial charge in [0.15, 0.2) is 0 Å². The Bertz CT molecular complexity index is 3920. The third-order valence-corrected chi connectivity index (χ3v) is 26.8. The van der Waals surface area contributed by atoms with E-state index in [4.69, 9.17) is 0 Å². The van der Waals surface area contributed by atoms with Gasteiger partial charge in [0.05, 0.1) is 22.5 Å². The maximum atomic E-state index is 12.3. The van der Waals surface area contributed by atoms with Crippen LogP contribution in [0.4, 0.5) is 24.5 Å². The second-order valence-electron chi connectivity index (χ2n) is 35.2. The van der Waals surface area contributed by atoms with Gasteiger partial charge in [-0.25, -0.2) is 17.4 Å². The lowest BCUT2D eigenvalue weighted by molar-refractivity contribution is -0.243. The monoisotopic (exact) mass is 1680 g/mol. The van der Waals surface area contributed by atoms with E-state index in [9.17, 15) is 59.5 Å². The predicted molar refractivity (Wildman–Crippen MR) is 467 cm³/mol. The Kier molecular flexibility index (Phi) is 46.8. The van der Waals surface area contributed by atoms with Crippen LogP contribution in [0.3, 0.4) is 0 Å². The van der Waals surface area contributed by atoms with Crippen molar-refractivity contribution in [1.29, 1.82) is 0 Å². The van der Waals surface area contributed by atoms with Gasteiger partial charge in [0.2, 0.25) is 10.0 Å². The van der Waals surface area contributed by atoms with E-state index in [-0.39, 0.29) is 21.7 Å². The van der Waals surface area contributed by atoms with Gasteiger partial charge in [0, 0.05) is 107 Å². The Morgan fingerprint density at radius 3 is 1.13 bits per heavy atom. The number of alkyl halides is 3. The summed E-state index contributed by atoms with van der Waals surface area (Å²) in [7, 11) is -5.32. The number of rotatable bonds is 7. The standard InChI is InChI=1S/C13H18OS.C11H16N2O2S.2C10H14.C8H15F3.C8H20N2O2S.C7H16N2O2S.C4H12N2O2S.C4H9NO2S.3C2H6/c1-13(2,3)12-6-5-10-8-15(4,14)9-11(10)7-12;1-11(2,3)8-13-10-7-5-4-6-9(10)12-16(13,14)15;2*1-10(2,3)9-7-5-4-6-8-9;1-6(2,3)7(4,5)8(9,10)11;1-8(2,3)7-10(6)13(11,12)9(4)5;1-7(2,3)6-9-5-4-8-12(9,10)11;1-5(2)9(7,8)6(3)4;1-5-3-2-4-8(5,6)7;3*1-2/h5-7H,4,8-9H2,1-3H3;4-7,12H,8H2,1-3H3;2*4-8H,1-3H3;1-5H3;7H2,1-6H3;8H,4-6H2,1-3H3;1-4H3;2-4H2,1H3;3*1-2H3. The predicted octanol–water partition coefficient (Wildman–Crippen LogP) is 17.6. The van der Waals surface area contributed by atoms with Gasteiger partial charge < -0.3 is 0 Å². The number of halogens is 3. The van der Waals surface area contributed by atoms with Crippen molar-refractivity contribution in [3.63, 3.8) is 0 Å². The second-order valence-corrected chi connectivity index (χ2v) is 47.9. The molecule has 110 heavy (non-hydrogen) atoms. The summed E-state index contributed by atoms with van der Waals surface area (Å²) >= 11 is 0. The van der Waals surface area contributed by atoms with Gasteiger partial charge in [0.1, 0.15) is 0 Å². The molecule has 0 amide bonds. The number of benzene rings is 4. The van der Waals surface area contributed by atoms with E-state index >= 15 is 0 Å². The van der Waals surface area contributed by atoms with Crippen LogP contribution in [0.15, 0.2) is 103 Å². The lowest BCUT2D eigenvalue weighted by Crippen LogP contribution is -2.43. The van der Waals surface area contributed by atoms with Crippen molar-refractivity contribution >= 4 is 77.6 Å². The Balaban J connectivity index is -0.000000573. The first-order valence-corrected chi connectivity index (χ1v) is 47.0. The summed E-state index contributed by atoms with van der Waals surface area (Å²) in [5.41, 5.74) is 6.29. The van der Waals surface area contributed by atoms with E-state index in [1.165, 1.54) is 105 Å². The number of para-hydroxylation sites is 2. The van der Waals surface area contributed by atoms with Gasteiger partial charge in [-0.3, -0.25) is 13.2 Å². The average molecular weight is 1680 g/mol. The highest BCUT2D eigenvalue weighted by Gasteiger charge is 2.54. The number of hydrogen-bond acceptors (Lipinski definition) is 11. The maximum absolute atomic E-state index is 12.3. The molecular formula is C81H152F3N9O11S6. The molecule has 644 valence electrons. The third kappa shape index (κ3) is 41.9. The number of nitrogens with one attached hydrogen (secondary N) is 2. The highest BCUT2D eigenvalue weighted by molar-refractivity contribution is 7.99. The summed E-state index contributed by atoms with van der Waals surface area (Å²) < 4.78 is 176. The Morgan fingerprint density at radius 1 is 0.473 bits per heavy atom.